The number of anilines is 1. The molecule has 0 amide bonds. The van der Waals surface area contributed by atoms with Gasteiger partial charge in [0.25, 0.3) is 5.69 Å². The van der Waals surface area contributed by atoms with Gasteiger partial charge in [-0.3, -0.25) is 10.1 Å². The largest absolute Gasteiger partial charge is 0.379 e. The van der Waals surface area contributed by atoms with E-state index in [1.54, 1.807) is 12.1 Å². The Balaban J connectivity index is 1.93. The van der Waals surface area contributed by atoms with Crippen LogP contribution in [0, 0.1) is 13.7 Å². The molecule has 1 saturated heterocycles. The van der Waals surface area contributed by atoms with Crippen LogP contribution in [0.2, 0.25) is 0 Å². The van der Waals surface area contributed by atoms with Crippen molar-refractivity contribution in [1.82, 2.24) is 5.32 Å². The summed E-state index contributed by atoms with van der Waals surface area (Å²) < 4.78 is 0.877. The highest BCUT2D eigenvalue weighted by atomic mass is 127. The molecular weight excluding hydrogens is 345 g/mol. The maximum atomic E-state index is 10.9. The SMILES string of the molecule is O=[N+]([O-])c1cc(I)ccc1NCC[C@H]1CCCN1. The van der Waals surface area contributed by atoms with Crippen LogP contribution in [0.5, 0.6) is 0 Å². The minimum absolute atomic E-state index is 0.154. The first-order valence-electron chi connectivity index (χ1n) is 6.08. The zero-order valence-corrected chi connectivity index (χ0v) is 12.1. The van der Waals surface area contributed by atoms with Crippen LogP contribution < -0.4 is 10.6 Å². The molecule has 5 nitrogen and oxygen atoms in total. The summed E-state index contributed by atoms with van der Waals surface area (Å²) in [5.41, 5.74) is 0.764. The molecule has 1 heterocycles. The Morgan fingerprint density at radius 2 is 2.39 bits per heavy atom. The number of nitro benzene ring substituents is 1. The number of nitro groups is 1. The third-order valence-electron chi connectivity index (χ3n) is 3.13. The van der Waals surface area contributed by atoms with Crippen molar-refractivity contribution in [2.24, 2.45) is 0 Å². The third kappa shape index (κ3) is 3.55. The number of nitrogens with zero attached hydrogens (tertiary/aromatic N) is 1. The lowest BCUT2D eigenvalue weighted by molar-refractivity contribution is -0.384. The molecule has 1 aromatic carbocycles. The standard InChI is InChI=1S/C12H16IN3O2/c13-9-3-4-11(12(8-9)16(17)18)15-7-5-10-2-1-6-14-10/h3-4,8,10,14-15H,1-2,5-7H2/t10-/m1/s1. The number of hydrogen-bond donors (Lipinski definition) is 2. The summed E-state index contributed by atoms with van der Waals surface area (Å²) in [5, 5.41) is 17.5. The van der Waals surface area contributed by atoms with E-state index >= 15 is 0 Å². The van der Waals surface area contributed by atoms with Crippen LogP contribution >= 0.6 is 22.6 Å². The lowest BCUT2D eigenvalue weighted by Gasteiger charge is -2.11. The second-order valence-corrected chi connectivity index (χ2v) is 5.67. The molecule has 1 atom stereocenters. The van der Waals surface area contributed by atoms with E-state index in [1.165, 1.54) is 12.8 Å². The second-order valence-electron chi connectivity index (χ2n) is 4.43. The van der Waals surface area contributed by atoms with Gasteiger partial charge < -0.3 is 10.6 Å². The van der Waals surface area contributed by atoms with Gasteiger partial charge in [-0.25, -0.2) is 0 Å². The molecule has 2 N–H and O–H groups in total. The Morgan fingerprint density at radius 3 is 3.06 bits per heavy atom. The van der Waals surface area contributed by atoms with Crippen molar-refractivity contribution in [3.63, 3.8) is 0 Å². The summed E-state index contributed by atoms with van der Waals surface area (Å²) in [7, 11) is 0. The maximum absolute atomic E-state index is 10.9. The molecule has 98 valence electrons. The van der Waals surface area contributed by atoms with Crippen LogP contribution in [-0.2, 0) is 0 Å². The first kappa shape index (κ1) is 13.5. The van der Waals surface area contributed by atoms with Crippen LogP contribution in [0.3, 0.4) is 0 Å². The molecule has 0 aromatic heterocycles. The van der Waals surface area contributed by atoms with E-state index in [4.69, 9.17) is 0 Å². The predicted molar refractivity (Wildman–Crippen MR) is 79.9 cm³/mol. The second kappa shape index (κ2) is 6.33. The molecule has 1 aliphatic heterocycles. The highest BCUT2D eigenvalue weighted by molar-refractivity contribution is 14.1. The van der Waals surface area contributed by atoms with Crippen molar-refractivity contribution in [3.05, 3.63) is 31.9 Å². The molecule has 2 rings (SSSR count). The quantitative estimate of drug-likeness (QED) is 0.481. The molecule has 0 saturated carbocycles. The van der Waals surface area contributed by atoms with Gasteiger partial charge in [-0.05, 0) is 60.5 Å². The molecule has 0 spiro atoms. The summed E-state index contributed by atoms with van der Waals surface area (Å²) in [4.78, 5) is 10.6. The minimum atomic E-state index is -0.335. The lowest BCUT2D eigenvalue weighted by Crippen LogP contribution is -2.24. The third-order valence-corrected chi connectivity index (χ3v) is 3.80. The monoisotopic (exact) mass is 361 g/mol. The normalized spacial score (nSPS) is 18.8. The van der Waals surface area contributed by atoms with Crippen molar-refractivity contribution < 1.29 is 4.92 Å². The van der Waals surface area contributed by atoms with Crippen LogP contribution in [0.15, 0.2) is 18.2 Å². The Bertz CT molecular complexity index is 433. The number of rotatable bonds is 5. The van der Waals surface area contributed by atoms with Crippen molar-refractivity contribution in [2.45, 2.75) is 25.3 Å². The van der Waals surface area contributed by atoms with Gasteiger partial charge in [-0.2, -0.15) is 0 Å². The molecule has 1 aliphatic rings. The summed E-state index contributed by atoms with van der Waals surface area (Å²) in [6.45, 7) is 1.85. The lowest BCUT2D eigenvalue weighted by atomic mass is 10.1. The fraction of sp³-hybridized carbons (Fsp3) is 0.500. The average Bonchev–Trinajstić information content (AvgIpc) is 2.84. The Morgan fingerprint density at radius 1 is 1.56 bits per heavy atom. The van der Waals surface area contributed by atoms with Gasteiger partial charge in [0.05, 0.1) is 4.92 Å². The van der Waals surface area contributed by atoms with E-state index in [1.807, 2.05) is 6.07 Å². The zero-order valence-electron chi connectivity index (χ0n) is 9.99. The van der Waals surface area contributed by atoms with Gasteiger partial charge in [-0.1, -0.05) is 0 Å². The van der Waals surface area contributed by atoms with E-state index in [0.717, 1.165) is 23.1 Å². The van der Waals surface area contributed by atoms with Gasteiger partial charge in [-0.15, -0.1) is 0 Å². The molecule has 0 aliphatic carbocycles. The fourth-order valence-corrected chi connectivity index (χ4v) is 2.66. The van der Waals surface area contributed by atoms with Crippen molar-refractivity contribution >= 4 is 34.0 Å². The molecule has 0 bridgehead atoms. The first-order chi connectivity index (χ1) is 8.66. The van der Waals surface area contributed by atoms with Crippen molar-refractivity contribution in [2.75, 3.05) is 18.4 Å². The smallest absolute Gasteiger partial charge is 0.293 e. The zero-order chi connectivity index (χ0) is 13.0. The molecule has 18 heavy (non-hydrogen) atoms. The topological polar surface area (TPSA) is 67.2 Å². The summed E-state index contributed by atoms with van der Waals surface area (Å²) >= 11 is 2.08. The number of hydrogen-bond acceptors (Lipinski definition) is 4. The maximum Gasteiger partial charge on any atom is 0.293 e. The Labute approximate surface area is 120 Å². The van der Waals surface area contributed by atoms with Gasteiger partial charge in [0, 0.05) is 22.2 Å². The van der Waals surface area contributed by atoms with Gasteiger partial charge in [0.1, 0.15) is 5.69 Å². The van der Waals surface area contributed by atoms with Gasteiger partial charge in [0.2, 0.25) is 0 Å². The van der Waals surface area contributed by atoms with Crippen LogP contribution in [0.1, 0.15) is 19.3 Å². The fourth-order valence-electron chi connectivity index (χ4n) is 2.19. The molecule has 1 aromatic rings. The van der Waals surface area contributed by atoms with Gasteiger partial charge >= 0.3 is 0 Å². The van der Waals surface area contributed by atoms with Crippen LogP contribution in [0.25, 0.3) is 0 Å². The highest BCUT2D eigenvalue weighted by Gasteiger charge is 2.16. The van der Waals surface area contributed by atoms with E-state index in [2.05, 4.69) is 33.2 Å². The molecule has 1 fully saturated rings. The van der Waals surface area contributed by atoms with Crippen LogP contribution in [-0.4, -0.2) is 24.1 Å². The first-order valence-corrected chi connectivity index (χ1v) is 7.16. The highest BCUT2D eigenvalue weighted by Crippen LogP contribution is 2.26. The Kier molecular flexibility index (Phi) is 4.76. The van der Waals surface area contributed by atoms with Gasteiger partial charge in [0.15, 0.2) is 0 Å². The average molecular weight is 361 g/mol. The number of nitrogens with one attached hydrogen (secondary N) is 2. The molecule has 0 radical (unpaired) electrons. The van der Waals surface area contributed by atoms with Crippen molar-refractivity contribution in [1.29, 1.82) is 0 Å². The van der Waals surface area contributed by atoms with E-state index < -0.39 is 0 Å². The van der Waals surface area contributed by atoms with Crippen LogP contribution in [0.4, 0.5) is 11.4 Å². The summed E-state index contributed by atoms with van der Waals surface area (Å²) in [5.74, 6) is 0. The predicted octanol–water partition coefficient (Wildman–Crippen LogP) is 2.75. The Hall–Kier alpha value is -0.890. The van der Waals surface area contributed by atoms with E-state index in [-0.39, 0.29) is 10.6 Å². The summed E-state index contributed by atoms with van der Waals surface area (Å²) in [6.07, 6.45) is 3.44. The summed E-state index contributed by atoms with van der Waals surface area (Å²) in [6, 6.07) is 5.81. The minimum Gasteiger partial charge on any atom is -0.379 e. The number of halogens is 1. The van der Waals surface area contributed by atoms with E-state index in [9.17, 15) is 10.1 Å². The number of benzene rings is 1. The molecular formula is C12H16IN3O2. The van der Waals surface area contributed by atoms with E-state index in [0.29, 0.717) is 11.7 Å². The molecule has 0 unspecified atom stereocenters. The molecule has 6 heteroatoms. The van der Waals surface area contributed by atoms with Crippen molar-refractivity contribution in [3.8, 4) is 0 Å².